The molecule has 8 nitrogen and oxygen atoms in total. The standard InChI is InChI=1S/C48H38N8.4BrH/c1-5-53-25-9-13-33(29-53)45-37-17-19-39(49-37)46(34-14-10-26-54(6-2)30-34)41-21-23-43(51-41)48(36-16-12-28-56(8-4)32-36)44-24-22-42(52-44)47(40-20-18-38(45)50-40)35-15-11-27-55(7-3)31-35;;;;/h5-32,49,52H,1-4H2;4*1H/q+4;;;;/p-4. The molecule has 2 N–H and O–H groups in total. The van der Waals surface area contributed by atoms with Gasteiger partial charge in [-0.25, -0.2) is 9.97 Å². The minimum atomic E-state index is 0. The van der Waals surface area contributed by atoms with Crippen LogP contribution in [0.1, 0.15) is 22.8 Å². The number of hydrogen-bond acceptors (Lipinski definition) is 2. The molecule has 8 bridgehead atoms. The fraction of sp³-hybridized carbons (Fsp3) is 0. The van der Waals surface area contributed by atoms with E-state index in [2.05, 4.69) is 134 Å². The number of hydrogen-bond donors (Lipinski definition) is 2. The number of nitrogens with one attached hydrogen (secondary N) is 2. The van der Waals surface area contributed by atoms with Gasteiger partial charge >= 0.3 is 0 Å². The lowest BCUT2D eigenvalue weighted by Crippen LogP contribution is -3.00. The van der Waals surface area contributed by atoms with Crippen molar-refractivity contribution in [3.05, 3.63) is 171 Å². The van der Waals surface area contributed by atoms with E-state index in [1.54, 1.807) is 24.8 Å². The molecule has 60 heavy (non-hydrogen) atoms. The van der Waals surface area contributed by atoms with Crippen LogP contribution < -0.4 is 86.2 Å². The molecule has 0 amide bonds. The van der Waals surface area contributed by atoms with E-state index in [0.717, 1.165) is 89.4 Å². The molecule has 0 fully saturated rings. The zero-order valence-electron chi connectivity index (χ0n) is 32.2. The molecule has 9 rings (SSSR count). The van der Waals surface area contributed by atoms with Crippen molar-refractivity contribution in [1.29, 1.82) is 0 Å². The van der Waals surface area contributed by atoms with Gasteiger partial charge in [0.15, 0.2) is 74.4 Å². The summed E-state index contributed by atoms with van der Waals surface area (Å²) >= 11 is 0. The van der Waals surface area contributed by atoms with Crippen molar-refractivity contribution in [2.75, 3.05) is 0 Å². The van der Waals surface area contributed by atoms with Crippen LogP contribution in [0.15, 0.2) is 149 Å². The first-order valence-electron chi connectivity index (χ1n) is 18.2. The summed E-state index contributed by atoms with van der Waals surface area (Å²) in [5, 5.41) is 0. The third kappa shape index (κ3) is 8.55. The maximum Gasteiger partial charge on any atom is 0.182 e. The van der Waals surface area contributed by atoms with Gasteiger partial charge in [0, 0.05) is 68.6 Å². The van der Waals surface area contributed by atoms with Gasteiger partial charge in [0.25, 0.3) is 0 Å². The summed E-state index contributed by atoms with van der Waals surface area (Å²) in [4.78, 5) is 18.4. The lowest BCUT2D eigenvalue weighted by molar-refractivity contribution is -0.567. The molecule has 2 aliphatic rings. The molecule has 0 saturated carbocycles. The molecule has 2 aliphatic heterocycles. The Kier molecular flexibility index (Phi) is 14.6. The Morgan fingerprint density at radius 1 is 0.367 bits per heavy atom. The van der Waals surface area contributed by atoms with Gasteiger partial charge in [0.2, 0.25) is 0 Å². The SMILES string of the molecule is C=C[n+]1cccc(-c2c3nc(c(-c4ccc[n+](C=C)c4)c4ccc([nH]4)c(-c4ccc[n+](C=C)c4)c4nc(c(-c5ccc[n+](C=C)c5)c5ccc2[nH]5)C=C4)C=C3)c1.[Br-].[Br-].[Br-].[Br-]. The largest absolute Gasteiger partial charge is 1.00 e. The van der Waals surface area contributed by atoms with Gasteiger partial charge in [0.05, 0.1) is 45.0 Å². The molecule has 9 heterocycles. The van der Waals surface area contributed by atoms with Crippen molar-refractivity contribution in [2.24, 2.45) is 0 Å². The highest BCUT2D eigenvalue weighted by Gasteiger charge is 2.21. The van der Waals surface area contributed by atoms with E-state index in [1.807, 2.05) is 67.3 Å². The molecule has 0 unspecified atom stereocenters. The first-order chi connectivity index (χ1) is 27.5. The Morgan fingerprint density at radius 2 is 0.600 bits per heavy atom. The van der Waals surface area contributed by atoms with E-state index in [1.165, 1.54) is 0 Å². The van der Waals surface area contributed by atoms with Gasteiger partial charge in [-0.1, -0.05) is 0 Å². The topological polar surface area (TPSA) is 72.9 Å². The van der Waals surface area contributed by atoms with Crippen LogP contribution >= 0.6 is 0 Å². The van der Waals surface area contributed by atoms with Gasteiger partial charge in [-0.3, -0.25) is 0 Å². The van der Waals surface area contributed by atoms with E-state index in [-0.39, 0.29) is 67.9 Å². The molecule has 0 saturated heterocycles. The van der Waals surface area contributed by atoms with E-state index >= 15 is 0 Å². The fourth-order valence-electron chi connectivity index (χ4n) is 7.44. The van der Waals surface area contributed by atoms with Crippen molar-refractivity contribution < 1.29 is 86.2 Å². The summed E-state index contributed by atoms with van der Waals surface area (Å²) in [7, 11) is 0. The van der Waals surface area contributed by atoms with Gasteiger partial charge in [-0.2, -0.15) is 18.3 Å². The third-order valence-corrected chi connectivity index (χ3v) is 10.0. The normalized spacial score (nSPS) is 10.9. The van der Waals surface area contributed by atoms with Gasteiger partial charge < -0.3 is 77.9 Å². The predicted molar refractivity (Wildman–Crippen MR) is 227 cm³/mol. The van der Waals surface area contributed by atoms with Crippen LogP contribution in [-0.2, 0) is 0 Å². The Bertz CT molecular complexity index is 2640. The summed E-state index contributed by atoms with van der Waals surface area (Å²) in [5.41, 5.74) is 14.7. The number of halogens is 4. The van der Waals surface area contributed by atoms with Crippen LogP contribution in [0, 0.1) is 0 Å². The second kappa shape index (κ2) is 19.4. The summed E-state index contributed by atoms with van der Waals surface area (Å²) < 4.78 is 7.81. The van der Waals surface area contributed by atoms with E-state index in [0.29, 0.717) is 0 Å². The lowest BCUT2D eigenvalue weighted by Gasteiger charge is -2.05. The summed E-state index contributed by atoms with van der Waals surface area (Å²) in [5.74, 6) is 0. The Morgan fingerprint density at radius 3 is 0.817 bits per heavy atom. The smallest absolute Gasteiger partial charge is 0.182 e. The van der Waals surface area contributed by atoms with Crippen molar-refractivity contribution in [2.45, 2.75) is 0 Å². The van der Waals surface area contributed by atoms with E-state index < -0.39 is 0 Å². The molecule has 0 aromatic carbocycles. The molecular formula is C48H38Br4N8. The molecule has 0 atom stereocenters. The van der Waals surface area contributed by atoms with Gasteiger partial charge in [0.1, 0.15) is 0 Å². The van der Waals surface area contributed by atoms with Crippen LogP contribution in [0.5, 0.6) is 0 Å². The second-order valence-corrected chi connectivity index (χ2v) is 13.4. The molecule has 0 aliphatic carbocycles. The monoisotopic (exact) mass is 1040 g/mol. The maximum absolute atomic E-state index is 5.41. The average molecular weight is 1050 g/mol. The molecule has 7 aromatic rings. The predicted octanol–water partition coefficient (Wildman–Crippen LogP) is -3.11. The highest BCUT2D eigenvalue weighted by atomic mass is 79.9. The lowest BCUT2D eigenvalue weighted by atomic mass is 10.1. The fourth-order valence-corrected chi connectivity index (χ4v) is 7.44. The van der Waals surface area contributed by atoms with Crippen LogP contribution in [0.2, 0.25) is 0 Å². The highest BCUT2D eigenvalue weighted by molar-refractivity contribution is 5.99. The van der Waals surface area contributed by atoms with Crippen molar-refractivity contribution in [3.8, 4) is 44.5 Å². The summed E-state index contributed by atoms with van der Waals surface area (Å²) in [6.07, 6.45) is 31.7. The quantitative estimate of drug-likeness (QED) is 0.159. The number of fused-ring (bicyclic) bond motifs is 8. The number of rotatable bonds is 8. The molecule has 298 valence electrons. The van der Waals surface area contributed by atoms with E-state index in [4.69, 9.17) is 9.97 Å². The Balaban J connectivity index is 0.00000171. The number of pyridine rings is 4. The summed E-state index contributed by atoms with van der Waals surface area (Å²) in [6, 6.07) is 25.0. The first kappa shape index (κ1) is 45.2. The minimum absolute atomic E-state index is 0. The molecule has 0 spiro atoms. The molecule has 12 heteroatoms. The van der Waals surface area contributed by atoms with Gasteiger partial charge in [-0.15, -0.1) is 0 Å². The molecular weight excluding hydrogens is 1010 g/mol. The summed E-state index contributed by atoms with van der Waals surface area (Å²) in [6.45, 7) is 16.1. The second-order valence-electron chi connectivity index (χ2n) is 13.4. The maximum atomic E-state index is 5.41. The highest BCUT2D eigenvalue weighted by Crippen LogP contribution is 2.37. The molecule has 7 aromatic heterocycles. The Labute approximate surface area is 390 Å². The number of aromatic amines is 2. The minimum Gasteiger partial charge on any atom is -1.00 e. The van der Waals surface area contributed by atoms with Crippen LogP contribution in [0.4, 0.5) is 0 Å². The van der Waals surface area contributed by atoms with Crippen LogP contribution in [0.25, 0.3) is 116 Å². The molecule has 0 radical (unpaired) electrons. The third-order valence-electron chi connectivity index (χ3n) is 10.0. The number of aromatic nitrogens is 8. The van der Waals surface area contributed by atoms with Crippen molar-refractivity contribution in [1.82, 2.24) is 19.9 Å². The average Bonchev–Trinajstić information content (AvgIpc) is 4.09. The van der Waals surface area contributed by atoms with Crippen molar-refractivity contribution >= 4 is 71.2 Å². The van der Waals surface area contributed by atoms with Crippen molar-refractivity contribution in [3.63, 3.8) is 0 Å². The van der Waals surface area contributed by atoms with Crippen LogP contribution in [-0.4, -0.2) is 19.9 Å². The van der Waals surface area contributed by atoms with Gasteiger partial charge in [-0.05, 0) is 99.2 Å². The zero-order chi connectivity index (χ0) is 38.2. The van der Waals surface area contributed by atoms with E-state index in [9.17, 15) is 0 Å². The zero-order valence-corrected chi connectivity index (χ0v) is 38.5. The van der Waals surface area contributed by atoms with Crippen LogP contribution in [0.3, 0.4) is 0 Å². The Hall–Kier alpha value is -5.92. The first-order valence-corrected chi connectivity index (χ1v) is 18.2. The number of nitrogens with zero attached hydrogens (tertiary/aromatic N) is 6. The number of H-pyrrole nitrogens is 2.